The number of aromatic nitrogens is 2. The van der Waals surface area contributed by atoms with Gasteiger partial charge < -0.3 is 10.1 Å². The van der Waals surface area contributed by atoms with E-state index in [1.807, 2.05) is 38.1 Å². The lowest BCUT2D eigenvalue weighted by molar-refractivity contribution is -0.586. The Labute approximate surface area is 162 Å². The van der Waals surface area contributed by atoms with Crippen LogP contribution in [0.15, 0.2) is 36.4 Å². The molecule has 27 heavy (non-hydrogen) atoms. The van der Waals surface area contributed by atoms with Crippen molar-refractivity contribution < 1.29 is 9.52 Å². The van der Waals surface area contributed by atoms with Gasteiger partial charge in [-0.2, -0.15) is 0 Å². The molecule has 3 aromatic rings. The minimum absolute atomic E-state index is 0.128. The number of benzene rings is 1. The average molecular weight is 382 g/mol. The van der Waals surface area contributed by atoms with Crippen LogP contribution in [0.2, 0.25) is 0 Å². The smallest absolute Gasteiger partial charge is 0.347 e. The van der Waals surface area contributed by atoms with E-state index in [0.717, 1.165) is 45.9 Å². The van der Waals surface area contributed by atoms with Gasteiger partial charge >= 0.3 is 10.8 Å². The van der Waals surface area contributed by atoms with Gasteiger partial charge in [0.15, 0.2) is 5.78 Å². The van der Waals surface area contributed by atoms with E-state index in [1.54, 1.807) is 0 Å². The van der Waals surface area contributed by atoms with E-state index < -0.39 is 0 Å². The highest BCUT2D eigenvalue weighted by atomic mass is 32.1. The number of hydrogen-bond donors (Lipinski definition) is 0. The Morgan fingerprint density at radius 3 is 2.89 bits per heavy atom. The maximum absolute atomic E-state index is 12.9. The van der Waals surface area contributed by atoms with Gasteiger partial charge in [0.05, 0.1) is 6.04 Å². The number of aryl methyl sites for hydroxylation is 2. The first-order valence-corrected chi connectivity index (χ1v) is 10.2. The van der Waals surface area contributed by atoms with Gasteiger partial charge in [-0.1, -0.05) is 41.7 Å². The summed E-state index contributed by atoms with van der Waals surface area (Å²) in [5.41, 5.74) is 3.29. The molecular formula is C21H23N3O2S. The third kappa shape index (κ3) is 3.41. The molecule has 1 atom stereocenters. The van der Waals surface area contributed by atoms with Crippen LogP contribution < -0.4 is 9.63 Å². The molecule has 6 heteroatoms. The first-order chi connectivity index (χ1) is 13.0. The third-order valence-electron chi connectivity index (χ3n) is 5.41. The number of hydrogen-bond acceptors (Lipinski definition) is 5. The van der Waals surface area contributed by atoms with Crippen molar-refractivity contribution in [3.63, 3.8) is 0 Å². The van der Waals surface area contributed by atoms with Crippen molar-refractivity contribution in [2.75, 3.05) is 11.4 Å². The molecular weight excluding hydrogens is 358 g/mol. The molecule has 140 valence electrons. The molecule has 0 unspecified atom stereocenters. The number of Topliss-reactive ketones (excluding diaryl/α,β-unsaturated/α-hetero) is 1. The van der Waals surface area contributed by atoms with Crippen molar-refractivity contribution in [3.05, 3.63) is 58.4 Å². The fourth-order valence-corrected chi connectivity index (χ4v) is 4.82. The Hall–Kier alpha value is -2.47. The predicted octanol–water partition coefficient (Wildman–Crippen LogP) is 3.72. The topological polar surface area (TPSA) is 60.1 Å². The summed E-state index contributed by atoms with van der Waals surface area (Å²) in [6, 6.07) is 12.0. The molecule has 0 saturated carbocycles. The van der Waals surface area contributed by atoms with Gasteiger partial charge in [0, 0.05) is 13.0 Å². The zero-order chi connectivity index (χ0) is 19.0. The largest absolute Gasteiger partial charge is 0.710 e. The molecule has 0 radical (unpaired) electrons. The van der Waals surface area contributed by atoms with Crippen molar-refractivity contribution in [2.24, 2.45) is 0 Å². The summed E-state index contributed by atoms with van der Waals surface area (Å²) in [6.07, 6.45) is 3.14. The van der Waals surface area contributed by atoms with E-state index in [9.17, 15) is 10.0 Å². The van der Waals surface area contributed by atoms with Gasteiger partial charge in [-0.05, 0) is 55.3 Å². The fraction of sp³-hybridized carbons (Fsp3) is 0.381. The quantitative estimate of drug-likeness (QED) is 0.499. The lowest BCUT2D eigenvalue weighted by Gasteiger charge is -2.20. The molecule has 4 rings (SSSR count). The number of thiazole rings is 1. The van der Waals surface area contributed by atoms with Gasteiger partial charge in [0.2, 0.25) is 0 Å². The van der Waals surface area contributed by atoms with E-state index in [0.29, 0.717) is 17.8 Å². The van der Waals surface area contributed by atoms with Gasteiger partial charge in [-0.25, -0.2) is 4.73 Å². The SMILES string of the molecule is Cc1cc2sc(N3CCC[C@@H]3C(=O)CCc3ccccc3)nc2[n+]([O-])c1C. The van der Waals surface area contributed by atoms with Crippen molar-refractivity contribution >= 4 is 32.6 Å². The molecule has 0 amide bonds. The van der Waals surface area contributed by atoms with Crippen molar-refractivity contribution in [3.8, 4) is 0 Å². The van der Waals surface area contributed by atoms with Gasteiger partial charge in [0.1, 0.15) is 10.4 Å². The first kappa shape index (κ1) is 17.9. The molecule has 1 fully saturated rings. The van der Waals surface area contributed by atoms with E-state index >= 15 is 0 Å². The number of carbonyl (C=O) groups is 1. The van der Waals surface area contributed by atoms with Crippen LogP contribution in [0.5, 0.6) is 0 Å². The highest BCUT2D eigenvalue weighted by Crippen LogP contribution is 2.33. The molecule has 1 aliphatic rings. The minimum atomic E-state index is -0.128. The Morgan fingerprint density at radius 2 is 2.11 bits per heavy atom. The summed E-state index contributed by atoms with van der Waals surface area (Å²) in [5.74, 6) is 0.262. The second kappa shape index (κ2) is 7.27. The van der Waals surface area contributed by atoms with E-state index in [2.05, 4.69) is 22.0 Å². The average Bonchev–Trinajstić information content (AvgIpc) is 3.32. The predicted molar refractivity (Wildman–Crippen MR) is 108 cm³/mol. The van der Waals surface area contributed by atoms with Crippen LogP contribution in [0.25, 0.3) is 10.3 Å². The van der Waals surface area contributed by atoms with Crippen molar-refractivity contribution in [2.45, 2.75) is 45.6 Å². The number of nitrogens with zero attached hydrogens (tertiary/aromatic N) is 3. The zero-order valence-electron chi connectivity index (χ0n) is 15.6. The fourth-order valence-electron chi connectivity index (χ4n) is 3.70. The molecule has 1 aliphatic heterocycles. The van der Waals surface area contributed by atoms with Gasteiger partial charge in [0.25, 0.3) is 0 Å². The van der Waals surface area contributed by atoms with Crippen LogP contribution in [0.4, 0.5) is 5.13 Å². The lowest BCUT2D eigenvalue weighted by Crippen LogP contribution is -2.36. The highest BCUT2D eigenvalue weighted by molar-refractivity contribution is 7.22. The second-order valence-corrected chi connectivity index (χ2v) is 8.20. The molecule has 1 saturated heterocycles. The second-order valence-electron chi connectivity index (χ2n) is 7.19. The summed E-state index contributed by atoms with van der Waals surface area (Å²) in [6.45, 7) is 4.57. The van der Waals surface area contributed by atoms with Gasteiger partial charge in [-0.15, -0.1) is 0 Å². The Morgan fingerprint density at radius 1 is 1.33 bits per heavy atom. The van der Waals surface area contributed by atoms with E-state index in [1.165, 1.54) is 16.9 Å². The molecule has 0 aliphatic carbocycles. The summed E-state index contributed by atoms with van der Waals surface area (Å²) < 4.78 is 1.79. The monoisotopic (exact) mass is 381 g/mol. The van der Waals surface area contributed by atoms with Crippen LogP contribution in [0.3, 0.4) is 0 Å². The normalized spacial score (nSPS) is 17.0. The number of carbonyl (C=O) groups excluding carboxylic acids is 1. The number of fused-ring (bicyclic) bond motifs is 1. The molecule has 0 spiro atoms. The number of pyridine rings is 1. The van der Waals surface area contributed by atoms with Crippen molar-refractivity contribution in [1.82, 2.24) is 4.98 Å². The summed E-state index contributed by atoms with van der Waals surface area (Å²) in [5, 5.41) is 13.2. The number of ketones is 1. The minimum Gasteiger partial charge on any atom is -0.710 e. The van der Waals surface area contributed by atoms with Crippen LogP contribution >= 0.6 is 11.3 Å². The molecule has 0 N–H and O–H groups in total. The van der Waals surface area contributed by atoms with Crippen LogP contribution in [0.1, 0.15) is 36.1 Å². The summed E-state index contributed by atoms with van der Waals surface area (Å²) in [4.78, 5) is 19.6. The lowest BCUT2D eigenvalue weighted by atomic mass is 10.0. The molecule has 2 aromatic heterocycles. The Bertz CT molecular complexity index is 984. The van der Waals surface area contributed by atoms with Crippen LogP contribution in [0, 0.1) is 19.1 Å². The first-order valence-electron chi connectivity index (χ1n) is 9.38. The molecule has 1 aromatic carbocycles. The maximum atomic E-state index is 12.9. The number of anilines is 1. The van der Waals surface area contributed by atoms with Gasteiger partial charge in [-0.3, -0.25) is 4.79 Å². The Balaban J connectivity index is 1.55. The van der Waals surface area contributed by atoms with Crippen LogP contribution in [-0.2, 0) is 11.2 Å². The third-order valence-corrected chi connectivity index (χ3v) is 6.44. The molecule has 0 bridgehead atoms. The van der Waals surface area contributed by atoms with E-state index in [4.69, 9.17) is 0 Å². The standard InChI is InChI=1S/C21H23N3O2S/c1-14-13-19-20(24(26)15(14)2)22-21(27-19)23-12-6-9-17(23)18(25)11-10-16-7-4-3-5-8-16/h3-5,7-8,13,17H,6,9-12H2,1-2H3/t17-/m1/s1. The zero-order valence-corrected chi connectivity index (χ0v) is 16.5. The van der Waals surface area contributed by atoms with Crippen LogP contribution in [-0.4, -0.2) is 23.4 Å². The van der Waals surface area contributed by atoms with E-state index in [-0.39, 0.29) is 11.8 Å². The van der Waals surface area contributed by atoms with Crippen molar-refractivity contribution in [1.29, 1.82) is 0 Å². The summed E-state index contributed by atoms with van der Waals surface area (Å²) >= 11 is 1.51. The number of rotatable bonds is 5. The maximum Gasteiger partial charge on any atom is 0.347 e. The summed E-state index contributed by atoms with van der Waals surface area (Å²) in [7, 11) is 0. The molecule has 3 heterocycles. The molecule has 5 nitrogen and oxygen atoms in total. The highest BCUT2D eigenvalue weighted by Gasteiger charge is 2.35. The Kier molecular flexibility index (Phi) is 4.83.